The third-order valence-corrected chi connectivity index (χ3v) is 9.65. The molecule has 9 nitrogen and oxygen atoms in total. The lowest BCUT2D eigenvalue weighted by atomic mass is 10.1. The van der Waals surface area contributed by atoms with Gasteiger partial charge in [-0.05, 0) is 64.2 Å². The number of hydrogen-bond acceptors (Lipinski definition) is 7. The second-order valence-corrected chi connectivity index (χ2v) is 16.5. The molecule has 0 aliphatic rings. The molecule has 0 heterocycles. The van der Waals surface area contributed by atoms with Crippen LogP contribution in [0.5, 0.6) is 0 Å². The lowest BCUT2D eigenvalue weighted by molar-refractivity contribution is -0.870. The minimum absolute atomic E-state index is 0.0260. The van der Waals surface area contributed by atoms with Gasteiger partial charge in [-0.3, -0.25) is 18.6 Å². The minimum Gasteiger partial charge on any atom is -0.462 e. The number of likely N-dealkylation sites (N-methyl/N-ethyl adjacent to an activating group) is 1. The van der Waals surface area contributed by atoms with Crippen LogP contribution in [0.15, 0.2) is 36.5 Å². The Bertz CT molecular complexity index is 991. The minimum atomic E-state index is -4.38. The summed E-state index contributed by atoms with van der Waals surface area (Å²) in [5, 5.41) is 0. The second kappa shape index (κ2) is 35.0. The number of phosphoric ester groups is 1. The Morgan fingerprint density at radius 1 is 0.596 bits per heavy atom. The topological polar surface area (TPSA) is 108 Å². The van der Waals surface area contributed by atoms with Gasteiger partial charge in [-0.1, -0.05) is 127 Å². The number of hydrogen-bond donors (Lipinski definition) is 1. The van der Waals surface area contributed by atoms with Crippen molar-refractivity contribution < 1.29 is 42.1 Å². The molecule has 0 amide bonds. The van der Waals surface area contributed by atoms with Crippen molar-refractivity contribution in [1.82, 2.24) is 0 Å². The van der Waals surface area contributed by atoms with E-state index in [-0.39, 0.29) is 32.0 Å². The Morgan fingerprint density at radius 3 is 1.58 bits per heavy atom. The maximum absolute atomic E-state index is 12.6. The fourth-order valence-electron chi connectivity index (χ4n) is 5.35. The van der Waals surface area contributed by atoms with Crippen LogP contribution in [-0.2, 0) is 32.7 Å². The quantitative estimate of drug-likeness (QED) is 0.0167. The lowest BCUT2D eigenvalue weighted by Gasteiger charge is -2.24. The molecule has 0 aliphatic heterocycles. The molecule has 0 bridgehead atoms. The zero-order valence-corrected chi connectivity index (χ0v) is 34.9. The zero-order chi connectivity index (χ0) is 38.6. The molecule has 0 radical (unpaired) electrons. The summed E-state index contributed by atoms with van der Waals surface area (Å²) < 4.78 is 34.2. The van der Waals surface area contributed by atoms with Crippen molar-refractivity contribution in [2.75, 3.05) is 47.5 Å². The highest BCUT2D eigenvalue weighted by Gasteiger charge is 2.27. The molecule has 0 aromatic heterocycles. The molecule has 10 heteroatoms. The first kappa shape index (κ1) is 50.2. The van der Waals surface area contributed by atoms with E-state index in [1.165, 1.54) is 64.2 Å². The highest BCUT2D eigenvalue weighted by molar-refractivity contribution is 7.47. The molecule has 0 aromatic carbocycles. The number of esters is 2. The van der Waals surface area contributed by atoms with Crippen LogP contribution in [0.4, 0.5) is 0 Å². The zero-order valence-electron chi connectivity index (χ0n) is 34.0. The molecule has 0 aliphatic carbocycles. The van der Waals surface area contributed by atoms with Gasteiger partial charge in [-0.15, -0.1) is 0 Å². The lowest BCUT2D eigenvalue weighted by Crippen LogP contribution is -2.37. The van der Waals surface area contributed by atoms with Crippen molar-refractivity contribution in [2.24, 2.45) is 0 Å². The summed E-state index contributed by atoms with van der Waals surface area (Å²) in [4.78, 5) is 35.2. The Balaban J connectivity index is 4.45. The molecule has 0 rings (SSSR count). The van der Waals surface area contributed by atoms with Crippen LogP contribution < -0.4 is 0 Å². The van der Waals surface area contributed by atoms with Crippen LogP contribution in [0.3, 0.4) is 0 Å². The van der Waals surface area contributed by atoms with Crippen molar-refractivity contribution in [2.45, 2.75) is 174 Å². The summed E-state index contributed by atoms with van der Waals surface area (Å²) in [6, 6.07) is 0. The van der Waals surface area contributed by atoms with Crippen molar-refractivity contribution >= 4 is 19.8 Å². The molecule has 0 saturated carbocycles. The molecule has 0 fully saturated rings. The number of phosphoric acid groups is 1. The Labute approximate surface area is 319 Å². The second-order valence-electron chi connectivity index (χ2n) is 15.0. The van der Waals surface area contributed by atoms with Crippen molar-refractivity contribution in [3.05, 3.63) is 36.5 Å². The van der Waals surface area contributed by atoms with Gasteiger partial charge in [0.2, 0.25) is 0 Å². The fraction of sp³-hybridized carbons (Fsp3) is 0.810. The molecule has 1 unspecified atom stereocenters. The first-order valence-electron chi connectivity index (χ1n) is 20.7. The predicted octanol–water partition coefficient (Wildman–Crippen LogP) is 11.4. The number of unbranched alkanes of at least 4 members (excludes halogenated alkanes) is 18. The average molecular weight is 757 g/mol. The summed E-state index contributed by atoms with van der Waals surface area (Å²) in [7, 11) is 1.45. The van der Waals surface area contributed by atoms with Crippen molar-refractivity contribution in [3.63, 3.8) is 0 Å². The van der Waals surface area contributed by atoms with Gasteiger partial charge < -0.3 is 18.9 Å². The third-order valence-electron chi connectivity index (χ3n) is 8.67. The van der Waals surface area contributed by atoms with Gasteiger partial charge >= 0.3 is 19.8 Å². The number of nitrogens with zero attached hydrogens (tertiary/aromatic N) is 1. The number of carbonyl (C=O) groups is 2. The van der Waals surface area contributed by atoms with E-state index in [2.05, 4.69) is 50.3 Å². The normalized spacial score (nSPS) is 14.0. The van der Waals surface area contributed by atoms with Gasteiger partial charge in [0.05, 0.1) is 27.7 Å². The van der Waals surface area contributed by atoms with Crippen molar-refractivity contribution in [1.29, 1.82) is 0 Å². The summed E-state index contributed by atoms with van der Waals surface area (Å²) in [5.74, 6) is -0.836. The summed E-state index contributed by atoms with van der Waals surface area (Å²) in [6.45, 7) is 4.34. The highest BCUT2D eigenvalue weighted by atomic mass is 31.2. The molecular formula is C42H79NO8P+. The van der Waals surface area contributed by atoms with Crippen LogP contribution >= 0.6 is 7.82 Å². The predicted molar refractivity (Wildman–Crippen MR) is 215 cm³/mol. The summed E-state index contributed by atoms with van der Waals surface area (Å²) >= 11 is 0. The first-order chi connectivity index (χ1) is 25.0. The molecule has 52 heavy (non-hydrogen) atoms. The monoisotopic (exact) mass is 757 g/mol. The first-order valence-corrected chi connectivity index (χ1v) is 22.2. The number of allylic oxidation sites excluding steroid dienone is 6. The number of carbonyl (C=O) groups excluding carboxylic acids is 2. The maximum Gasteiger partial charge on any atom is 0.472 e. The molecule has 304 valence electrons. The van der Waals surface area contributed by atoms with E-state index >= 15 is 0 Å². The fourth-order valence-corrected chi connectivity index (χ4v) is 6.09. The van der Waals surface area contributed by atoms with Gasteiger partial charge in [0, 0.05) is 12.8 Å². The van der Waals surface area contributed by atoms with Gasteiger partial charge in [0.25, 0.3) is 0 Å². The van der Waals surface area contributed by atoms with E-state index in [1.807, 2.05) is 21.1 Å². The van der Waals surface area contributed by atoms with Crippen LogP contribution in [0, 0.1) is 0 Å². The molecule has 0 aromatic rings. The number of ether oxygens (including phenoxy) is 2. The van der Waals surface area contributed by atoms with E-state index in [0.29, 0.717) is 17.4 Å². The van der Waals surface area contributed by atoms with Crippen LogP contribution in [0.25, 0.3) is 0 Å². The van der Waals surface area contributed by atoms with E-state index < -0.39 is 26.5 Å². The van der Waals surface area contributed by atoms with Gasteiger partial charge in [-0.25, -0.2) is 4.57 Å². The summed E-state index contributed by atoms with van der Waals surface area (Å²) in [5.41, 5.74) is 0. The standard InChI is InChI=1S/C42H78NO8P/c1-6-8-10-12-14-16-18-20-21-23-24-26-28-30-32-34-41(44)48-38-40(39-50-52(46,47)49-37-36-43(3,4)5)51-42(45)35-33-31-29-27-25-22-19-17-15-13-11-9-7-2/h16,18,20-22,25,40H,6-15,17,19,23-24,26-39H2,1-5H3/p+1/b18-16+,21-20+,25-22+/t40-/m1/s1. The largest absolute Gasteiger partial charge is 0.472 e. The Morgan fingerprint density at radius 2 is 1.04 bits per heavy atom. The van der Waals surface area contributed by atoms with Crippen LogP contribution in [0.2, 0.25) is 0 Å². The van der Waals surface area contributed by atoms with Gasteiger partial charge in [0.15, 0.2) is 6.10 Å². The Hall–Kier alpha value is -1.77. The molecule has 0 saturated heterocycles. The van der Waals surface area contributed by atoms with E-state index in [1.54, 1.807) is 0 Å². The molecule has 1 N–H and O–H groups in total. The van der Waals surface area contributed by atoms with Gasteiger partial charge in [-0.2, -0.15) is 0 Å². The van der Waals surface area contributed by atoms with Crippen LogP contribution in [0.1, 0.15) is 168 Å². The number of rotatable bonds is 37. The smallest absolute Gasteiger partial charge is 0.462 e. The van der Waals surface area contributed by atoms with Crippen molar-refractivity contribution in [3.8, 4) is 0 Å². The van der Waals surface area contributed by atoms with E-state index in [0.717, 1.165) is 70.6 Å². The SMILES string of the molecule is CCCCCC/C=C/C=C/CCCCCCCC(=O)OC[C@H](COP(=O)(O)OCC[N+](C)(C)C)OC(=O)CCCCC/C=C/CCCCCCCC. The average Bonchev–Trinajstić information content (AvgIpc) is 3.09. The summed E-state index contributed by atoms with van der Waals surface area (Å²) in [6.07, 6.45) is 37.6. The number of quaternary nitrogens is 1. The Kier molecular flexibility index (Phi) is 33.8. The van der Waals surface area contributed by atoms with E-state index in [9.17, 15) is 19.0 Å². The molecule has 2 atom stereocenters. The van der Waals surface area contributed by atoms with E-state index in [4.69, 9.17) is 18.5 Å². The van der Waals surface area contributed by atoms with Gasteiger partial charge in [0.1, 0.15) is 19.8 Å². The van der Waals surface area contributed by atoms with Crippen LogP contribution in [-0.4, -0.2) is 74.9 Å². The third kappa shape index (κ3) is 38.0. The molecule has 0 spiro atoms. The molecular weight excluding hydrogens is 677 g/mol. The highest BCUT2D eigenvalue weighted by Crippen LogP contribution is 2.43. The maximum atomic E-state index is 12.6.